The van der Waals surface area contributed by atoms with Crippen molar-refractivity contribution in [3.8, 4) is 0 Å². The molecular formula is C14H23N3O. The standard InChI is InChI=1S/C14H23N3O/c1-5-18-14(8-6-7-9-14)13-16-11(3)10(2)12(15-4)17-13/h5-9H2,1-4H3,(H,15,16,17). The molecule has 1 aromatic heterocycles. The van der Waals surface area contributed by atoms with Gasteiger partial charge in [0.15, 0.2) is 5.82 Å². The summed E-state index contributed by atoms with van der Waals surface area (Å²) in [6.07, 6.45) is 4.47. The van der Waals surface area contributed by atoms with Crippen LogP contribution in [-0.2, 0) is 10.3 Å². The van der Waals surface area contributed by atoms with Crippen molar-refractivity contribution >= 4 is 5.82 Å². The summed E-state index contributed by atoms with van der Waals surface area (Å²) in [5.41, 5.74) is 1.90. The summed E-state index contributed by atoms with van der Waals surface area (Å²) >= 11 is 0. The average molecular weight is 249 g/mol. The second-order valence-corrected chi connectivity index (χ2v) is 4.99. The van der Waals surface area contributed by atoms with E-state index >= 15 is 0 Å². The third-order valence-corrected chi connectivity index (χ3v) is 3.87. The van der Waals surface area contributed by atoms with Crippen molar-refractivity contribution in [2.45, 2.75) is 52.1 Å². The van der Waals surface area contributed by atoms with Crippen LogP contribution in [0.4, 0.5) is 5.82 Å². The molecule has 1 aromatic rings. The third-order valence-electron chi connectivity index (χ3n) is 3.87. The van der Waals surface area contributed by atoms with Crippen LogP contribution in [0.5, 0.6) is 0 Å². The van der Waals surface area contributed by atoms with Crippen LogP contribution in [0.15, 0.2) is 0 Å². The molecule has 0 aromatic carbocycles. The van der Waals surface area contributed by atoms with E-state index in [-0.39, 0.29) is 5.60 Å². The lowest BCUT2D eigenvalue weighted by Crippen LogP contribution is -2.29. The molecule has 0 spiro atoms. The number of anilines is 1. The van der Waals surface area contributed by atoms with E-state index < -0.39 is 0 Å². The highest BCUT2D eigenvalue weighted by Gasteiger charge is 2.39. The van der Waals surface area contributed by atoms with Gasteiger partial charge in [0.05, 0.1) is 0 Å². The first-order chi connectivity index (χ1) is 8.63. The van der Waals surface area contributed by atoms with Gasteiger partial charge in [0, 0.05) is 24.9 Å². The van der Waals surface area contributed by atoms with Gasteiger partial charge >= 0.3 is 0 Å². The minimum absolute atomic E-state index is 0.251. The molecule has 18 heavy (non-hydrogen) atoms. The smallest absolute Gasteiger partial charge is 0.162 e. The molecule has 0 atom stereocenters. The molecule has 1 N–H and O–H groups in total. The number of ether oxygens (including phenoxy) is 1. The fraction of sp³-hybridized carbons (Fsp3) is 0.714. The lowest BCUT2D eigenvalue weighted by molar-refractivity contribution is -0.0457. The van der Waals surface area contributed by atoms with Crippen LogP contribution in [0, 0.1) is 13.8 Å². The van der Waals surface area contributed by atoms with Crippen molar-refractivity contribution in [2.24, 2.45) is 0 Å². The number of nitrogens with one attached hydrogen (secondary N) is 1. The first-order valence-electron chi connectivity index (χ1n) is 6.80. The fourth-order valence-electron chi connectivity index (χ4n) is 2.73. The van der Waals surface area contributed by atoms with Crippen LogP contribution >= 0.6 is 0 Å². The van der Waals surface area contributed by atoms with E-state index in [0.717, 1.165) is 35.7 Å². The summed E-state index contributed by atoms with van der Waals surface area (Å²) in [5.74, 6) is 1.78. The van der Waals surface area contributed by atoms with Crippen molar-refractivity contribution < 1.29 is 4.74 Å². The highest BCUT2D eigenvalue weighted by molar-refractivity contribution is 5.45. The zero-order valence-corrected chi connectivity index (χ0v) is 11.8. The summed E-state index contributed by atoms with van der Waals surface area (Å²) in [6.45, 7) is 6.84. The van der Waals surface area contributed by atoms with Gasteiger partial charge in [0.25, 0.3) is 0 Å². The van der Waals surface area contributed by atoms with Gasteiger partial charge in [-0.25, -0.2) is 9.97 Å². The van der Waals surface area contributed by atoms with Crippen LogP contribution in [0.2, 0.25) is 0 Å². The SMILES string of the molecule is CCOC1(c2nc(C)c(C)c(NC)n2)CCCC1. The van der Waals surface area contributed by atoms with Gasteiger partial charge in [-0.05, 0) is 46.5 Å². The summed E-state index contributed by atoms with van der Waals surface area (Å²) in [5, 5.41) is 3.15. The van der Waals surface area contributed by atoms with Crippen LogP contribution in [-0.4, -0.2) is 23.6 Å². The molecule has 1 heterocycles. The van der Waals surface area contributed by atoms with Crippen LogP contribution in [0.1, 0.15) is 49.7 Å². The number of aryl methyl sites for hydroxylation is 1. The molecule has 2 rings (SSSR count). The molecule has 1 saturated carbocycles. The van der Waals surface area contributed by atoms with Crippen molar-refractivity contribution in [2.75, 3.05) is 19.0 Å². The zero-order valence-electron chi connectivity index (χ0n) is 11.8. The molecule has 1 fully saturated rings. The molecule has 0 amide bonds. The molecule has 0 aliphatic heterocycles. The van der Waals surface area contributed by atoms with Gasteiger partial charge in [0.1, 0.15) is 11.4 Å². The molecule has 1 aliphatic rings. The number of nitrogens with zero attached hydrogens (tertiary/aromatic N) is 2. The van der Waals surface area contributed by atoms with Crippen molar-refractivity contribution in [3.05, 3.63) is 17.1 Å². The molecule has 100 valence electrons. The molecule has 0 unspecified atom stereocenters. The van der Waals surface area contributed by atoms with Gasteiger partial charge in [0.2, 0.25) is 0 Å². The predicted octanol–water partition coefficient (Wildman–Crippen LogP) is 2.94. The molecule has 0 bridgehead atoms. The van der Waals surface area contributed by atoms with Gasteiger partial charge in [-0.2, -0.15) is 0 Å². The Morgan fingerprint density at radius 1 is 1.22 bits per heavy atom. The summed E-state index contributed by atoms with van der Waals surface area (Å²) in [4.78, 5) is 9.36. The second-order valence-electron chi connectivity index (χ2n) is 4.99. The van der Waals surface area contributed by atoms with Gasteiger partial charge in [-0.15, -0.1) is 0 Å². The minimum Gasteiger partial charge on any atom is -0.373 e. The Morgan fingerprint density at radius 3 is 2.44 bits per heavy atom. The highest BCUT2D eigenvalue weighted by Crippen LogP contribution is 2.41. The van der Waals surface area contributed by atoms with Gasteiger partial charge < -0.3 is 10.1 Å². The molecule has 0 radical (unpaired) electrons. The maximum absolute atomic E-state index is 6.02. The first kappa shape index (κ1) is 13.3. The maximum Gasteiger partial charge on any atom is 0.162 e. The topological polar surface area (TPSA) is 47.0 Å². The van der Waals surface area contributed by atoms with Crippen molar-refractivity contribution in [1.29, 1.82) is 0 Å². The molecule has 4 heteroatoms. The lowest BCUT2D eigenvalue weighted by atomic mass is 10.0. The second kappa shape index (κ2) is 5.22. The quantitative estimate of drug-likeness (QED) is 0.891. The Balaban J connectivity index is 2.45. The first-order valence-corrected chi connectivity index (χ1v) is 6.80. The Labute approximate surface area is 109 Å². The maximum atomic E-state index is 6.02. The van der Waals surface area contributed by atoms with Crippen LogP contribution in [0.25, 0.3) is 0 Å². The number of rotatable bonds is 4. The average Bonchev–Trinajstić information content (AvgIpc) is 2.82. The Hall–Kier alpha value is -1.16. The molecule has 0 saturated heterocycles. The summed E-state index contributed by atoms with van der Waals surface area (Å²) in [6, 6.07) is 0. The van der Waals surface area contributed by atoms with E-state index in [1.807, 2.05) is 27.8 Å². The summed E-state index contributed by atoms with van der Waals surface area (Å²) in [7, 11) is 1.90. The third kappa shape index (κ3) is 2.21. The van der Waals surface area contributed by atoms with Crippen LogP contribution < -0.4 is 5.32 Å². The van der Waals surface area contributed by atoms with E-state index in [4.69, 9.17) is 4.74 Å². The van der Waals surface area contributed by atoms with E-state index in [2.05, 4.69) is 15.3 Å². The lowest BCUT2D eigenvalue weighted by Gasteiger charge is -2.28. The highest BCUT2D eigenvalue weighted by atomic mass is 16.5. The van der Waals surface area contributed by atoms with E-state index in [1.54, 1.807) is 0 Å². The molecular weight excluding hydrogens is 226 g/mol. The minimum atomic E-state index is -0.251. The predicted molar refractivity (Wildman–Crippen MR) is 72.8 cm³/mol. The normalized spacial score (nSPS) is 18.0. The Kier molecular flexibility index (Phi) is 3.85. The van der Waals surface area contributed by atoms with Crippen molar-refractivity contribution in [3.63, 3.8) is 0 Å². The van der Waals surface area contributed by atoms with Gasteiger partial charge in [-0.1, -0.05) is 0 Å². The summed E-state index contributed by atoms with van der Waals surface area (Å²) < 4.78 is 6.02. The monoisotopic (exact) mass is 249 g/mol. The molecule has 4 nitrogen and oxygen atoms in total. The molecule has 1 aliphatic carbocycles. The Bertz CT molecular complexity index is 425. The Morgan fingerprint density at radius 2 is 1.89 bits per heavy atom. The van der Waals surface area contributed by atoms with E-state index in [0.29, 0.717) is 6.61 Å². The largest absolute Gasteiger partial charge is 0.373 e. The fourth-order valence-corrected chi connectivity index (χ4v) is 2.73. The van der Waals surface area contributed by atoms with E-state index in [1.165, 1.54) is 12.8 Å². The van der Waals surface area contributed by atoms with E-state index in [9.17, 15) is 0 Å². The van der Waals surface area contributed by atoms with Gasteiger partial charge in [-0.3, -0.25) is 0 Å². The number of hydrogen-bond acceptors (Lipinski definition) is 4. The number of aromatic nitrogens is 2. The number of hydrogen-bond donors (Lipinski definition) is 1. The van der Waals surface area contributed by atoms with Crippen LogP contribution in [0.3, 0.4) is 0 Å². The zero-order chi connectivity index (χ0) is 13.2. The van der Waals surface area contributed by atoms with Crippen molar-refractivity contribution in [1.82, 2.24) is 9.97 Å².